The lowest BCUT2D eigenvalue weighted by Gasteiger charge is -2.11. The Labute approximate surface area is 174 Å². The van der Waals surface area contributed by atoms with E-state index in [1.807, 2.05) is 48.5 Å². The predicted octanol–water partition coefficient (Wildman–Crippen LogP) is 5.14. The molecule has 0 unspecified atom stereocenters. The summed E-state index contributed by atoms with van der Waals surface area (Å²) in [6.45, 7) is 0.124. The minimum Gasteiger partial charge on any atom is -0.497 e. The van der Waals surface area contributed by atoms with Crippen LogP contribution in [0.5, 0.6) is 5.75 Å². The van der Waals surface area contributed by atoms with Gasteiger partial charge in [-0.2, -0.15) is 5.26 Å². The van der Waals surface area contributed by atoms with Crippen LogP contribution in [0.3, 0.4) is 0 Å². The van der Waals surface area contributed by atoms with E-state index in [1.54, 1.807) is 37.4 Å². The quantitative estimate of drug-likeness (QED) is 0.438. The van der Waals surface area contributed by atoms with Gasteiger partial charge >= 0.3 is 5.97 Å². The van der Waals surface area contributed by atoms with Crippen LogP contribution in [0, 0.1) is 11.3 Å². The SMILES string of the molecule is COc1ccc(-c2cc(C(=O)OCc3ccc(C#N)cc3)c3ccccc3n2)cc1. The van der Waals surface area contributed by atoms with E-state index in [9.17, 15) is 4.79 Å². The second-order valence-corrected chi connectivity index (χ2v) is 6.69. The standard InChI is InChI=1S/C25H18N2O3/c1-29-20-12-10-19(11-13-20)24-14-22(21-4-2-3-5-23(21)27-24)25(28)30-16-18-8-6-17(15-26)7-9-18/h2-14H,16H2,1H3. The average Bonchev–Trinajstić information content (AvgIpc) is 2.82. The second-order valence-electron chi connectivity index (χ2n) is 6.69. The minimum atomic E-state index is -0.423. The number of rotatable bonds is 5. The van der Waals surface area contributed by atoms with Crippen molar-refractivity contribution < 1.29 is 14.3 Å². The molecule has 0 radical (unpaired) electrons. The molecular weight excluding hydrogens is 376 g/mol. The van der Waals surface area contributed by atoms with E-state index in [0.717, 1.165) is 27.8 Å². The fraction of sp³-hybridized carbons (Fsp3) is 0.0800. The van der Waals surface area contributed by atoms with E-state index in [2.05, 4.69) is 6.07 Å². The van der Waals surface area contributed by atoms with Crippen molar-refractivity contribution in [3.05, 3.63) is 95.6 Å². The number of benzene rings is 3. The Morgan fingerprint density at radius 2 is 1.73 bits per heavy atom. The summed E-state index contributed by atoms with van der Waals surface area (Å²) in [5.41, 5.74) is 4.12. The molecule has 30 heavy (non-hydrogen) atoms. The number of pyridine rings is 1. The maximum atomic E-state index is 12.9. The highest BCUT2D eigenvalue weighted by atomic mass is 16.5. The third kappa shape index (κ3) is 3.98. The Hall–Kier alpha value is -4.17. The Morgan fingerprint density at radius 3 is 2.43 bits per heavy atom. The molecule has 0 atom stereocenters. The molecule has 5 nitrogen and oxygen atoms in total. The van der Waals surface area contributed by atoms with Crippen LogP contribution in [0.4, 0.5) is 0 Å². The summed E-state index contributed by atoms with van der Waals surface area (Å²) in [6, 6.07) is 25.8. The van der Waals surface area contributed by atoms with Gasteiger partial charge in [-0.3, -0.25) is 0 Å². The van der Waals surface area contributed by atoms with Crippen LogP contribution >= 0.6 is 0 Å². The summed E-state index contributed by atoms with van der Waals surface area (Å²) in [5, 5.41) is 9.63. The van der Waals surface area contributed by atoms with Crippen molar-refractivity contribution in [1.82, 2.24) is 4.98 Å². The van der Waals surface area contributed by atoms with Crippen LogP contribution < -0.4 is 4.74 Å². The summed E-state index contributed by atoms with van der Waals surface area (Å²) < 4.78 is 10.8. The number of esters is 1. The number of fused-ring (bicyclic) bond motifs is 1. The molecule has 0 saturated heterocycles. The number of aromatic nitrogens is 1. The van der Waals surface area contributed by atoms with Gasteiger partial charge in [0, 0.05) is 10.9 Å². The number of ether oxygens (including phenoxy) is 2. The summed E-state index contributed by atoms with van der Waals surface area (Å²) in [5.74, 6) is 0.328. The van der Waals surface area contributed by atoms with Gasteiger partial charge in [0.25, 0.3) is 0 Å². The third-order valence-corrected chi connectivity index (χ3v) is 4.77. The molecule has 4 rings (SSSR count). The predicted molar refractivity (Wildman–Crippen MR) is 114 cm³/mol. The molecule has 1 aromatic heterocycles. The van der Waals surface area contributed by atoms with Crippen molar-refractivity contribution in [2.45, 2.75) is 6.61 Å². The smallest absolute Gasteiger partial charge is 0.339 e. The molecule has 0 fully saturated rings. The Morgan fingerprint density at radius 1 is 1.00 bits per heavy atom. The Bertz CT molecular complexity index is 1240. The van der Waals surface area contributed by atoms with Crippen molar-refractivity contribution in [3.8, 4) is 23.1 Å². The van der Waals surface area contributed by atoms with Crippen LogP contribution in [0.1, 0.15) is 21.5 Å². The minimum absolute atomic E-state index is 0.124. The van der Waals surface area contributed by atoms with Crippen molar-refractivity contribution >= 4 is 16.9 Å². The molecule has 0 aliphatic carbocycles. The second kappa shape index (κ2) is 8.46. The molecule has 0 aliphatic heterocycles. The number of carbonyl (C=O) groups is 1. The van der Waals surface area contributed by atoms with E-state index in [-0.39, 0.29) is 6.61 Å². The summed E-state index contributed by atoms with van der Waals surface area (Å²) in [4.78, 5) is 17.6. The first-order valence-corrected chi connectivity index (χ1v) is 9.38. The summed E-state index contributed by atoms with van der Waals surface area (Å²) in [7, 11) is 1.62. The molecule has 0 aliphatic rings. The lowest BCUT2D eigenvalue weighted by molar-refractivity contribution is 0.0475. The normalized spacial score (nSPS) is 10.4. The first-order chi connectivity index (χ1) is 14.7. The van der Waals surface area contributed by atoms with Crippen LogP contribution in [-0.4, -0.2) is 18.1 Å². The van der Waals surface area contributed by atoms with Crippen molar-refractivity contribution in [2.24, 2.45) is 0 Å². The molecule has 0 saturated carbocycles. The fourth-order valence-corrected chi connectivity index (χ4v) is 3.16. The van der Waals surface area contributed by atoms with E-state index >= 15 is 0 Å². The van der Waals surface area contributed by atoms with Crippen LogP contribution in [0.15, 0.2) is 78.9 Å². The topological polar surface area (TPSA) is 72.2 Å². The first kappa shape index (κ1) is 19.2. The summed E-state index contributed by atoms with van der Waals surface area (Å²) >= 11 is 0. The highest BCUT2D eigenvalue weighted by Gasteiger charge is 2.15. The van der Waals surface area contributed by atoms with Gasteiger partial charge in [0.15, 0.2) is 0 Å². The van der Waals surface area contributed by atoms with Gasteiger partial charge in [0.1, 0.15) is 12.4 Å². The molecule has 0 amide bonds. The first-order valence-electron chi connectivity index (χ1n) is 9.38. The van der Waals surface area contributed by atoms with Crippen molar-refractivity contribution in [1.29, 1.82) is 5.26 Å². The number of hydrogen-bond acceptors (Lipinski definition) is 5. The largest absolute Gasteiger partial charge is 0.497 e. The molecule has 0 N–H and O–H groups in total. The van der Waals surface area contributed by atoms with E-state index in [0.29, 0.717) is 16.8 Å². The van der Waals surface area contributed by atoms with E-state index < -0.39 is 5.97 Å². The number of carbonyl (C=O) groups excluding carboxylic acids is 1. The molecular formula is C25H18N2O3. The van der Waals surface area contributed by atoms with Gasteiger partial charge in [-0.1, -0.05) is 30.3 Å². The number of hydrogen-bond donors (Lipinski definition) is 0. The monoisotopic (exact) mass is 394 g/mol. The lowest BCUT2D eigenvalue weighted by Crippen LogP contribution is -2.07. The van der Waals surface area contributed by atoms with Crippen LogP contribution in [-0.2, 0) is 11.3 Å². The molecule has 5 heteroatoms. The van der Waals surface area contributed by atoms with Crippen LogP contribution in [0.25, 0.3) is 22.2 Å². The number of nitriles is 1. The zero-order valence-electron chi connectivity index (χ0n) is 16.3. The fourth-order valence-electron chi connectivity index (χ4n) is 3.16. The van der Waals surface area contributed by atoms with Crippen molar-refractivity contribution in [2.75, 3.05) is 7.11 Å². The molecule has 0 spiro atoms. The average molecular weight is 394 g/mol. The van der Waals surface area contributed by atoms with Gasteiger partial charge in [0.05, 0.1) is 35.5 Å². The zero-order chi connectivity index (χ0) is 20.9. The molecule has 4 aromatic rings. The van der Waals surface area contributed by atoms with Gasteiger partial charge in [-0.25, -0.2) is 9.78 Å². The Kier molecular flexibility index (Phi) is 5.40. The number of methoxy groups -OCH3 is 1. The highest BCUT2D eigenvalue weighted by molar-refractivity contribution is 6.04. The maximum Gasteiger partial charge on any atom is 0.339 e. The van der Waals surface area contributed by atoms with Crippen molar-refractivity contribution in [3.63, 3.8) is 0 Å². The highest BCUT2D eigenvalue weighted by Crippen LogP contribution is 2.27. The van der Waals surface area contributed by atoms with Gasteiger partial charge in [-0.05, 0) is 54.1 Å². The lowest BCUT2D eigenvalue weighted by atomic mass is 10.0. The maximum absolute atomic E-state index is 12.9. The molecule has 1 heterocycles. The Balaban J connectivity index is 1.65. The number of nitrogens with zero attached hydrogens (tertiary/aromatic N) is 2. The zero-order valence-corrected chi connectivity index (χ0v) is 16.3. The molecule has 146 valence electrons. The van der Waals surface area contributed by atoms with Gasteiger partial charge < -0.3 is 9.47 Å². The van der Waals surface area contributed by atoms with E-state index in [1.165, 1.54) is 0 Å². The molecule has 3 aromatic carbocycles. The molecule has 0 bridgehead atoms. The third-order valence-electron chi connectivity index (χ3n) is 4.77. The summed E-state index contributed by atoms with van der Waals surface area (Å²) in [6.07, 6.45) is 0. The van der Waals surface area contributed by atoms with Gasteiger partial charge in [-0.15, -0.1) is 0 Å². The number of para-hydroxylation sites is 1. The van der Waals surface area contributed by atoms with Gasteiger partial charge in [0.2, 0.25) is 0 Å². The van der Waals surface area contributed by atoms with Crippen LogP contribution in [0.2, 0.25) is 0 Å². The van der Waals surface area contributed by atoms with E-state index in [4.69, 9.17) is 19.7 Å².